The molecule has 0 aromatic carbocycles. The van der Waals surface area contributed by atoms with Crippen molar-refractivity contribution in [1.82, 2.24) is 0 Å². The van der Waals surface area contributed by atoms with Crippen LogP contribution in [0.3, 0.4) is 0 Å². The van der Waals surface area contributed by atoms with Gasteiger partial charge in [-0.25, -0.2) is 13.2 Å². The van der Waals surface area contributed by atoms with E-state index in [4.69, 9.17) is 15.2 Å². The second-order valence-electron chi connectivity index (χ2n) is 5.16. The quantitative estimate of drug-likeness (QED) is 0.814. The van der Waals surface area contributed by atoms with Crippen molar-refractivity contribution < 1.29 is 22.7 Å². The predicted octanol–water partition coefficient (Wildman–Crippen LogP) is 1.14. The summed E-state index contributed by atoms with van der Waals surface area (Å²) in [4.78, 5) is 13.9. The summed E-state index contributed by atoms with van der Waals surface area (Å²) in [6.45, 7) is 5.31. The molecular formula is C13H20N2O5S2. The van der Waals surface area contributed by atoms with E-state index in [0.717, 1.165) is 11.3 Å². The molecule has 0 radical (unpaired) electrons. The number of sulfone groups is 1. The Kier molecular flexibility index (Phi) is 4.98. The van der Waals surface area contributed by atoms with Crippen molar-refractivity contribution in [1.29, 1.82) is 0 Å². The lowest BCUT2D eigenvalue weighted by molar-refractivity contribution is 0.0607. The van der Waals surface area contributed by atoms with Crippen molar-refractivity contribution in [2.75, 3.05) is 44.0 Å². The Morgan fingerprint density at radius 1 is 1.36 bits per heavy atom. The van der Waals surface area contributed by atoms with Crippen molar-refractivity contribution in [2.45, 2.75) is 24.0 Å². The molecule has 1 aromatic heterocycles. The lowest BCUT2D eigenvalue weighted by Crippen LogP contribution is -2.36. The molecule has 22 heavy (non-hydrogen) atoms. The molecule has 124 valence electrons. The third-order valence-corrected chi connectivity index (χ3v) is 7.06. The first kappa shape index (κ1) is 17.0. The highest BCUT2D eigenvalue weighted by Crippen LogP contribution is 2.43. The molecule has 2 rings (SSSR count). The Morgan fingerprint density at radius 2 is 1.95 bits per heavy atom. The zero-order chi connectivity index (χ0) is 16.5. The lowest BCUT2D eigenvalue weighted by Gasteiger charge is -2.28. The summed E-state index contributed by atoms with van der Waals surface area (Å²) >= 11 is 1.06. The Morgan fingerprint density at radius 3 is 2.45 bits per heavy atom. The van der Waals surface area contributed by atoms with E-state index in [1.807, 2.05) is 4.90 Å². The van der Waals surface area contributed by atoms with Gasteiger partial charge in [-0.2, -0.15) is 0 Å². The number of nitrogens with zero attached hydrogens (tertiary/aromatic N) is 1. The molecule has 0 unspecified atom stereocenters. The molecule has 2 N–H and O–H groups in total. The molecule has 0 saturated carbocycles. The summed E-state index contributed by atoms with van der Waals surface area (Å²) < 4.78 is 35.3. The van der Waals surface area contributed by atoms with Gasteiger partial charge in [0.2, 0.25) is 0 Å². The molecule has 7 nitrogen and oxygen atoms in total. The number of esters is 1. The monoisotopic (exact) mass is 348 g/mol. The molecule has 9 heteroatoms. The van der Waals surface area contributed by atoms with Gasteiger partial charge in [0.25, 0.3) is 0 Å². The van der Waals surface area contributed by atoms with Gasteiger partial charge in [-0.3, -0.25) is 0 Å². The smallest absolute Gasteiger partial charge is 0.350 e. The molecule has 1 aromatic rings. The van der Waals surface area contributed by atoms with Gasteiger partial charge in [-0.15, -0.1) is 11.3 Å². The first-order valence-corrected chi connectivity index (χ1v) is 9.24. The number of nitrogen functional groups attached to an aromatic ring is 1. The van der Waals surface area contributed by atoms with Crippen LogP contribution in [0.1, 0.15) is 23.5 Å². The summed E-state index contributed by atoms with van der Waals surface area (Å²) in [5, 5.41) is -0.135. The summed E-state index contributed by atoms with van der Waals surface area (Å²) in [6.07, 6.45) is 0. The fourth-order valence-corrected chi connectivity index (χ4v) is 5.02. The number of methoxy groups -OCH3 is 1. The van der Waals surface area contributed by atoms with Crippen molar-refractivity contribution >= 4 is 37.8 Å². The molecule has 1 fully saturated rings. The van der Waals surface area contributed by atoms with Crippen LogP contribution < -0.4 is 10.6 Å². The minimum absolute atomic E-state index is 0.0213. The van der Waals surface area contributed by atoms with E-state index >= 15 is 0 Å². The molecule has 1 aliphatic rings. The number of anilines is 2. The average molecular weight is 348 g/mol. The first-order chi connectivity index (χ1) is 10.3. The van der Waals surface area contributed by atoms with Gasteiger partial charge in [-0.1, -0.05) is 0 Å². The molecule has 1 saturated heterocycles. The summed E-state index contributed by atoms with van der Waals surface area (Å²) in [5.41, 5.74) is 5.96. The molecule has 0 bridgehead atoms. The normalized spacial score (nSPS) is 16.1. The molecule has 0 spiro atoms. The molecule has 2 heterocycles. The molecule has 0 aliphatic carbocycles. The van der Waals surface area contributed by atoms with Crippen LogP contribution in [0.4, 0.5) is 10.7 Å². The minimum atomic E-state index is -3.61. The Hall–Kier alpha value is -1.32. The lowest BCUT2D eigenvalue weighted by atomic mass is 10.3. The van der Waals surface area contributed by atoms with E-state index in [9.17, 15) is 13.2 Å². The van der Waals surface area contributed by atoms with Gasteiger partial charge in [0.05, 0.1) is 31.3 Å². The van der Waals surface area contributed by atoms with Crippen LogP contribution in [0.15, 0.2) is 4.90 Å². The van der Waals surface area contributed by atoms with Gasteiger partial charge in [0.15, 0.2) is 9.84 Å². The highest BCUT2D eigenvalue weighted by molar-refractivity contribution is 7.92. The first-order valence-electron chi connectivity index (χ1n) is 6.87. The number of morpholine rings is 1. The molecule has 1 aliphatic heterocycles. The van der Waals surface area contributed by atoms with Crippen LogP contribution in [0, 0.1) is 0 Å². The van der Waals surface area contributed by atoms with Crippen molar-refractivity contribution in [3.05, 3.63) is 4.88 Å². The SMILES string of the molecule is COC(=O)c1sc(N2CCOCC2)c(S(=O)(=O)C(C)C)c1N. The second kappa shape index (κ2) is 6.43. The van der Waals surface area contributed by atoms with E-state index in [1.54, 1.807) is 13.8 Å². The van der Waals surface area contributed by atoms with Crippen molar-refractivity contribution in [3.63, 3.8) is 0 Å². The number of rotatable bonds is 4. The maximum absolute atomic E-state index is 12.7. The number of carbonyl (C=O) groups excluding carboxylic acids is 1. The van der Waals surface area contributed by atoms with Gasteiger partial charge >= 0.3 is 5.97 Å². The van der Waals surface area contributed by atoms with Crippen LogP contribution >= 0.6 is 11.3 Å². The Bertz CT molecular complexity index is 660. The van der Waals surface area contributed by atoms with E-state index in [0.29, 0.717) is 31.3 Å². The van der Waals surface area contributed by atoms with Gasteiger partial charge in [-0.05, 0) is 13.8 Å². The van der Waals surface area contributed by atoms with Gasteiger partial charge in [0, 0.05) is 13.1 Å². The fourth-order valence-electron chi connectivity index (χ4n) is 2.15. The van der Waals surface area contributed by atoms with E-state index in [1.165, 1.54) is 7.11 Å². The maximum atomic E-state index is 12.7. The van der Waals surface area contributed by atoms with Gasteiger partial charge < -0.3 is 20.1 Å². The molecular weight excluding hydrogens is 328 g/mol. The number of hydrogen-bond acceptors (Lipinski definition) is 8. The highest BCUT2D eigenvalue weighted by atomic mass is 32.2. The van der Waals surface area contributed by atoms with Crippen LogP contribution in [0.25, 0.3) is 0 Å². The number of ether oxygens (including phenoxy) is 2. The largest absolute Gasteiger partial charge is 0.465 e. The van der Waals surface area contributed by atoms with E-state index in [2.05, 4.69) is 0 Å². The van der Waals surface area contributed by atoms with Crippen molar-refractivity contribution in [2.24, 2.45) is 0 Å². The number of hydrogen-bond donors (Lipinski definition) is 1. The number of thiophene rings is 1. The molecule has 0 atom stereocenters. The Labute approximate surface area is 133 Å². The van der Waals surface area contributed by atoms with E-state index in [-0.39, 0.29) is 15.5 Å². The fraction of sp³-hybridized carbons (Fsp3) is 0.615. The standard InChI is InChI=1S/C13H20N2O5S2/c1-8(2)22(17,18)11-9(14)10(13(16)19-3)21-12(11)15-4-6-20-7-5-15/h8H,4-7,14H2,1-3H3. The third-order valence-electron chi connectivity index (χ3n) is 3.46. The summed E-state index contributed by atoms with van der Waals surface area (Å²) in [7, 11) is -2.37. The van der Waals surface area contributed by atoms with E-state index < -0.39 is 21.1 Å². The zero-order valence-electron chi connectivity index (χ0n) is 12.8. The molecule has 0 amide bonds. The average Bonchev–Trinajstić information content (AvgIpc) is 2.85. The number of nitrogens with two attached hydrogens (primary N) is 1. The maximum Gasteiger partial charge on any atom is 0.350 e. The Balaban J connectivity index is 2.62. The second-order valence-corrected chi connectivity index (χ2v) is 8.60. The zero-order valence-corrected chi connectivity index (χ0v) is 14.4. The topological polar surface area (TPSA) is 98.9 Å². The highest BCUT2D eigenvalue weighted by Gasteiger charge is 2.34. The minimum Gasteiger partial charge on any atom is -0.465 e. The van der Waals surface area contributed by atoms with Crippen LogP contribution in [-0.4, -0.2) is 53.1 Å². The third kappa shape index (κ3) is 2.92. The van der Waals surface area contributed by atoms with Crippen molar-refractivity contribution in [3.8, 4) is 0 Å². The van der Waals surface area contributed by atoms with Crippen LogP contribution in [0.5, 0.6) is 0 Å². The summed E-state index contributed by atoms with van der Waals surface area (Å²) in [5.74, 6) is -0.623. The van der Waals surface area contributed by atoms with Crippen LogP contribution in [0.2, 0.25) is 0 Å². The van der Waals surface area contributed by atoms with Crippen LogP contribution in [-0.2, 0) is 19.3 Å². The predicted molar refractivity (Wildman–Crippen MR) is 85.4 cm³/mol. The van der Waals surface area contributed by atoms with Gasteiger partial charge in [0.1, 0.15) is 14.8 Å². The summed E-state index contributed by atoms with van der Waals surface area (Å²) in [6, 6.07) is 0. The number of carbonyl (C=O) groups is 1.